The van der Waals surface area contributed by atoms with Crippen molar-refractivity contribution in [3.63, 3.8) is 0 Å². The van der Waals surface area contributed by atoms with Gasteiger partial charge >= 0.3 is 0 Å². The summed E-state index contributed by atoms with van der Waals surface area (Å²) in [6.45, 7) is 3.05. The zero-order valence-electron chi connectivity index (χ0n) is 11.6. The standard InChI is InChI=1S/C15H19BrN2O2/c1-10-8-13-12(15(16)11(10)5-6-19)9-17-18(13)14-4-2-3-7-20-14/h8-9,14,19H,2-7H2,1H3. The van der Waals surface area contributed by atoms with Gasteiger partial charge in [0.2, 0.25) is 0 Å². The number of hydrogen-bond acceptors (Lipinski definition) is 3. The quantitative estimate of drug-likeness (QED) is 0.933. The minimum Gasteiger partial charge on any atom is -0.396 e. The molecule has 0 saturated carbocycles. The predicted molar refractivity (Wildman–Crippen MR) is 81.8 cm³/mol. The van der Waals surface area contributed by atoms with Gasteiger partial charge < -0.3 is 9.84 Å². The first-order valence-corrected chi connectivity index (χ1v) is 7.89. The van der Waals surface area contributed by atoms with Crippen molar-refractivity contribution in [1.82, 2.24) is 9.78 Å². The van der Waals surface area contributed by atoms with Crippen molar-refractivity contribution in [3.05, 3.63) is 27.9 Å². The highest BCUT2D eigenvalue weighted by atomic mass is 79.9. The van der Waals surface area contributed by atoms with Crippen molar-refractivity contribution in [2.45, 2.75) is 38.8 Å². The lowest BCUT2D eigenvalue weighted by Gasteiger charge is -2.23. The molecule has 1 saturated heterocycles. The first kappa shape index (κ1) is 14.0. The summed E-state index contributed by atoms with van der Waals surface area (Å²) in [7, 11) is 0. The normalized spacial score (nSPS) is 19.6. The highest BCUT2D eigenvalue weighted by molar-refractivity contribution is 9.10. The van der Waals surface area contributed by atoms with Crippen LogP contribution in [-0.4, -0.2) is 28.1 Å². The van der Waals surface area contributed by atoms with Crippen LogP contribution < -0.4 is 0 Å². The number of halogens is 1. The van der Waals surface area contributed by atoms with Crippen LogP contribution in [0, 0.1) is 6.92 Å². The van der Waals surface area contributed by atoms with Crippen LogP contribution in [0.15, 0.2) is 16.7 Å². The van der Waals surface area contributed by atoms with Crippen molar-refractivity contribution in [3.8, 4) is 0 Å². The van der Waals surface area contributed by atoms with Crippen LogP contribution >= 0.6 is 15.9 Å². The molecule has 1 aliphatic heterocycles. The fourth-order valence-electron chi connectivity index (χ4n) is 2.88. The second kappa shape index (κ2) is 5.84. The Morgan fingerprint density at radius 3 is 3.05 bits per heavy atom. The van der Waals surface area contributed by atoms with Crippen LogP contribution in [-0.2, 0) is 11.2 Å². The number of rotatable bonds is 3. The SMILES string of the molecule is Cc1cc2c(cnn2C2CCCCO2)c(Br)c1CCO. The molecule has 0 radical (unpaired) electrons. The van der Waals surface area contributed by atoms with Crippen LogP contribution in [0.25, 0.3) is 10.9 Å². The molecule has 108 valence electrons. The van der Waals surface area contributed by atoms with Gasteiger partial charge in [0.25, 0.3) is 0 Å². The molecule has 1 unspecified atom stereocenters. The zero-order valence-corrected chi connectivity index (χ0v) is 13.2. The summed E-state index contributed by atoms with van der Waals surface area (Å²) in [5.74, 6) is 0. The lowest BCUT2D eigenvalue weighted by Crippen LogP contribution is -2.19. The molecule has 1 fully saturated rings. The lowest BCUT2D eigenvalue weighted by molar-refractivity contribution is -0.0366. The highest BCUT2D eigenvalue weighted by Gasteiger charge is 2.20. The molecular weight excluding hydrogens is 320 g/mol. The second-order valence-electron chi connectivity index (χ2n) is 5.30. The number of fused-ring (bicyclic) bond motifs is 1. The van der Waals surface area contributed by atoms with E-state index in [1.54, 1.807) is 0 Å². The Labute approximate surface area is 126 Å². The molecule has 3 rings (SSSR count). The largest absolute Gasteiger partial charge is 0.396 e. The molecule has 1 aromatic heterocycles. The Bertz CT molecular complexity index is 618. The Balaban J connectivity index is 2.08. The lowest BCUT2D eigenvalue weighted by atomic mass is 10.0. The smallest absolute Gasteiger partial charge is 0.150 e. The third-order valence-corrected chi connectivity index (χ3v) is 4.86. The molecule has 0 bridgehead atoms. The Morgan fingerprint density at radius 1 is 1.50 bits per heavy atom. The van der Waals surface area contributed by atoms with Crippen molar-refractivity contribution in [1.29, 1.82) is 0 Å². The predicted octanol–water partition coefficient (Wildman–Crippen LogP) is 3.34. The van der Waals surface area contributed by atoms with Crippen LogP contribution in [0.2, 0.25) is 0 Å². The van der Waals surface area contributed by atoms with Gasteiger partial charge in [0, 0.05) is 23.1 Å². The molecule has 1 aromatic carbocycles. The van der Waals surface area contributed by atoms with E-state index in [0.717, 1.165) is 40.4 Å². The number of benzene rings is 1. The maximum atomic E-state index is 9.19. The van der Waals surface area contributed by atoms with E-state index in [9.17, 15) is 5.11 Å². The third kappa shape index (κ3) is 2.38. The second-order valence-corrected chi connectivity index (χ2v) is 6.10. The zero-order chi connectivity index (χ0) is 14.1. The molecule has 0 spiro atoms. The van der Waals surface area contributed by atoms with Gasteiger partial charge in [0.1, 0.15) is 0 Å². The summed E-state index contributed by atoms with van der Waals surface area (Å²) in [6.07, 6.45) is 5.95. The van der Waals surface area contributed by atoms with E-state index in [2.05, 4.69) is 34.0 Å². The monoisotopic (exact) mass is 338 g/mol. The molecule has 20 heavy (non-hydrogen) atoms. The minimum absolute atomic E-state index is 0.0521. The Kier molecular flexibility index (Phi) is 4.10. The molecular formula is C15H19BrN2O2. The first-order valence-electron chi connectivity index (χ1n) is 7.10. The first-order chi connectivity index (χ1) is 9.72. The summed E-state index contributed by atoms with van der Waals surface area (Å²) in [4.78, 5) is 0. The number of hydrogen-bond donors (Lipinski definition) is 1. The minimum atomic E-state index is 0.0521. The molecule has 1 aliphatic rings. The molecule has 2 aromatic rings. The van der Waals surface area contributed by atoms with E-state index in [1.807, 2.05) is 10.9 Å². The summed E-state index contributed by atoms with van der Waals surface area (Å²) >= 11 is 3.67. The number of aliphatic hydroxyl groups is 1. The summed E-state index contributed by atoms with van der Waals surface area (Å²) < 4.78 is 8.87. The molecule has 1 N–H and O–H groups in total. The number of aliphatic hydroxyl groups excluding tert-OH is 1. The summed E-state index contributed by atoms with van der Waals surface area (Å²) in [5, 5.41) is 14.8. The van der Waals surface area contributed by atoms with E-state index in [1.165, 1.54) is 12.0 Å². The van der Waals surface area contributed by atoms with Crippen molar-refractivity contribution < 1.29 is 9.84 Å². The van der Waals surface area contributed by atoms with E-state index in [4.69, 9.17) is 4.74 Å². The van der Waals surface area contributed by atoms with Crippen molar-refractivity contribution >= 4 is 26.8 Å². The molecule has 0 aliphatic carbocycles. The van der Waals surface area contributed by atoms with Gasteiger partial charge in [-0.1, -0.05) is 0 Å². The van der Waals surface area contributed by atoms with Crippen LogP contribution in [0.4, 0.5) is 0 Å². The van der Waals surface area contributed by atoms with Gasteiger partial charge in [-0.3, -0.25) is 0 Å². The van der Waals surface area contributed by atoms with Crippen LogP contribution in [0.1, 0.15) is 36.6 Å². The summed E-state index contributed by atoms with van der Waals surface area (Å²) in [6, 6.07) is 2.15. The fourth-order valence-corrected chi connectivity index (χ4v) is 3.69. The highest BCUT2D eigenvalue weighted by Crippen LogP contribution is 2.33. The molecule has 2 heterocycles. The average Bonchev–Trinajstić information content (AvgIpc) is 2.88. The van der Waals surface area contributed by atoms with Gasteiger partial charge in [0.15, 0.2) is 6.23 Å². The Morgan fingerprint density at radius 2 is 2.35 bits per heavy atom. The van der Waals surface area contributed by atoms with E-state index >= 15 is 0 Å². The van der Waals surface area contributed by atoms with E-state index in [0.29, 0.717) is 6.42 Å². The number of aromatic nitrogens is 2. The average molecular weight is 339 g/mol. The number of ether oxygens (including phenoxy) is 1. The topological polar surface area (TPSA) is 47.3 Å². The number of aryl methyl sites for hydroxylation is 1. The van der Waals surface area contributed by atoms with Gasteiger partial charge in [-0.15, -0.1) is 0 Å². The van der Waals surface area contributed by atoms with Gasteiger partial charge in [-0.05, 0) is 65.7 Å². The van der Waals surface area contributed by atoms with Crippen LogP contribution in [0.5, 0.6) is 0 Å². The molecule has 5 heteroatoms. The molecule has 0 amide bonds. The van der Waals surface area contributed by atoms with Crippen molar-refractivity contribution in [2.75, 3.05) is 13.2 Å². The third-order valence-electron chi connectivity index (χ3n) is 3.95. The fraction of sp³-hybridized carbons (Fsp3) is 0.533. The van der Waals surface area contributed by atoms with Gasteiger partial charge in [0.05, 0.1) is 11.7 Å². The molecule has 1 atom stereocenters. The van der Waals surface area contributed by atoms with Crippen molar-refractivity contribution in [2.24, 2.45) is 0 Å². The Hall–Kier alpha value is -0.910. The van der Waals surface area contributed by atoms with E-state index < -0.39 is 0 Å². The van der Waals surface area contributed by atoms with Gasteiger partial charge in [-0.2, -0.15) is 5.10 Å². The van der Waals surface area contributed by atoms with Crippen LogP contribution in [0.3, 0.4) is 0 Å². The maximum absolute atomic E-state index is 9.19. The summed E-state index contributed by atoms with van der Waals surface area (Å²) in [5.41, 5.74) is 3.43. The molecule has 4 nitrogen and oxygen atoms in total. The van der Waals surface area contributed by atoms with Gasteiger partial charge in [-0.25, -0.2) is 4.68 Å². The maximum Gasteiger partial charge on any atom is 0.150 e. The number of nitrogens with zero attached hydrogens (tertiary/aromatic N) is 2. The van der Waals surface area contributed by atoms with E-state index in [-0.39, 0.29) is 12.8 Å².